The summed E-state index contributed by atoms with van der Waals surface area (Å²) in [4.78, 5) is 0. The summed E-state index contributed by atoms with van der Waals surface area (Å²) >= 11 is 0. The zero-order valence-electron chi connectivity index (χ0n) is 15.8. The SMILES string of the molecule is COC1=CC(c2ccccc2)=C(C)[CH][C@H]1C.F[P-](F)(F)(F)(F)F.[C-]#[O+].[C-]#[O+].[C-]#[O+].[Fe]. The van der Waals surface area contributed by atoms with Crippen molar-refractivity contribution in [3.05, 3.63) is 79.7 Å². The van der Waals surface area contributed by atoms with Gasteiger partial charge in [0.15, 0.2) is 0 Å². The van der Waals surface area contributed by atoms with E-state index in [0.29, 0.717) is 5.92 Å². The van der Waals surface area contributed by atoms with E-state index in [2.05, 4.69) is 70.6 Å². The molecular formula is C18H17F6FeO4P-. The molecule has 0 heterocycles. The number of hydrogen-bond acceptors (Lipinski definition) is 1. The quantitative estimate of drug-likeness (QED) is 0.141. The van der Waals surface area contributed by atoms with Crippen LogP contribution in [0.15, 0.2) is 47.7 Å². The van der Waals surface area contributed by atoms with Crippen LogP contribution in [0.3, 0.4) is 0 Å². The van der Waals surface area contributed by atoms with E-state index < -0.39 is 7.81 Å². The van der Waals surface area contributed by atoms with Gasteiger partial charge in [-0.3, -0.25) is 0 Å². The van der Waals surface area contributed by atoms with Gasteiger partial charge >= 0.3 is 66.9 Å². The maximum absolute atomic E-state index is 10.7. The number of benzene rings is 1. The van der Waals surface area contributed by atoms with E-state index in [4.69, 9.17) is 18.7 Å². The summed E-state index contributed by atoms with van der Waals surface area (Å²) in [5.74, 6) is 1.40. The molecule has 0 spiro atoms. The molecule has 0 aliphatic heterocycles. The molecule has 1 aliphatic carbocycles. The van der Waals surface area contributed by atoms with Gasteiger partial charge in [0.1, 0.15) is 0 Å². The van der Waals surface area contributed by atoms with Gasteiger partial charge in [-0.05, 0) is 30.6 Å². The number of ether oxygens (including phenoxy) is 1. The topological polar surface area (TPSA) is 68.9 Å². The molecular weight excluding hydrogens is 481 g/mol. The molecule has 1 radical (unpaired) electrons. The fraction of sp³-hybridized carbons (Fsp3) is 0.222. The largest absolute Gasteiger partial charge is 0 e. The number of methoxy groups -OCH3 is 1. The average molecular weight is 498 g/mol. The summed E-state index contributed by atoms with van der Waals surface area (Å²) in [5.41, 5.74) is 3.83. The maximum Gasteiger partial charge on any atom is 0 e. The van der Waals surface area contributed by atoms with Crippen molar-refractivity contribution >= 4 is 13.4 Å². The molecule has 0 aromatic heterocycles. The van der Waals surface area contributed by atoms with Gasteiger partial charge in [0, 0.05) is 23.0 Å². The van der Waals surface area contributed by atoms with Crippen molar-refractivity contribution < 1.29 is 60.9 Å². The molecule has 2 rings (SSSR count). The summed E-state index contributed by atoms with van der Waals surface area (Å²) in [6.07, 6.45) is 4.40. The van der Waals surface area contributed by atoms with Crippen molar-refractivity contribution in [3.63, 3.8) is 0 Å². The van der Waals surface area contributed by atoms with E-state index in [1.165, 1.54) is 16.7 Å². The van der Waals surface area contributed by atoms with Crippen molar-refractivity contribution in [2.24, 2.45) is 5.92 Å². The smallest absolute Gasteiger partial charge is 0 e. The number of halogens is 6. The van der Waals surface area contributed by atoms with Crippen LogP contribution >= 0.6 is 7.81 Å². The van der Waals surface area contributed by atoms with Gasteiger partial charge in [-0.1, -0.05) is 42.8 Å². The zero-order valence-corrected chi connectivity index (χ0v) is 17.8. The van der Waals surface area contributed by atoms with Crippen LogP contribution < -0.4 is 0 Å². The van der Waals surface area contributed by atoms with Gasteiger partial charge in [-0.25, -0.2) is 0 Å². The molecule has 0 saturated carbocycles. The first-order valence-corrected chi connectivity index (χ1v) is 9.24. The van der Waals surface area contributed by atoms with Crippen LogP contribution in [0, 0.1) is 32.3 Å². The zero-order chi connectivity index (χ0) is 24.0. The summed E-state index contributed by atoms with van der Waals surface area (Å²) in [5, 5.41) is 0. The summed E-state index contributed by atoms with van der Waals surface area (Å²) < 4.78 is 87.1. The Morgan fingerprint density at radius 2 is 1.23 bits per heavy atom. The van der Waals surface area contributed by atoms with E-state index >= 15 is 0 Å². The van der Waals surface area contributed by atoms with Crippen molar-refractivity contribution in [2.45, 2.75) is 13.8 Å². The Labute approximate surface area is 181 Å². The van der Waals surface area contributed by atoms with E-state index in [1.807, 2.05) is 6.07 Å². The molecule has 30 heavy (non-hydrogen) atoms. The summed E-state index contributed by atoms with van der Waals surface area (Å²) in [6, 6.07) is 10.4. The Kier molecular flexibility index (Phi) is 17.0. The third kappa shape index (κ3) is 21.0. The maximum atomic E-state index is 9.87. The molecule has 0 unspecified atom stereocenters. The second kappa shape index (κ2) is 14.3. The fourth-order valence-corrected chi connectivity index (χ4v) is 2.11. The summed E-state index contributed by atoms with van der Waals surface area (Å²) in [6.45, 7) is 17.8. The van der Waals surface area contributed by atoms with Crippen LogP contribution in [0.1, 0.15) is 19.4 Å². The minimum atomic E-state index is -10.7. The predicted octanol–water partition coefficient (Wildman–Crippen LogP) is 7.11. The Balaban J connectivity index is -0.000000206. The first-order valence-electron chi connectivity index (χ1n) is 7.21. The van der Waals surface area contributed by atoms with Crippen LogP contribution in [0.2, 0.25) is 0 Å². The van der Waals surface area contributed by atoms with E-state index in [1.54, 1.807) is 7.11 Å². The molecule has 4 nitrogen and oxygen atoms in total. The van der Waals surface area contributed by atoms with Crippen molar-refractivity contribution in [3.8, 4) is 0 Å². The average Bonchev–Trinajstić information content (AvgIpc) is 2.65. The van der Waals surface area contributed by atoms with Gasteiger partial charge < -0.3 is 4.74 Å². The van der Waals surface area contributed by atoms with Crippen LogP contribution in [0.4, 0.5) is 25.2 Å². The molecule has 0 fully saturated rings. The van der Waals surface area contributed by atoms with Crippen molar-refractivity contribution in [1.29, 1.82) is 0 Å². The normalized spacial score (nSPS) is 16.6. The standard InChI is InChI=1S/C15H17O.3CO.F6P.Fe/c1-11-9-12(2)15(16-3)10-14(11)13-7-5-4-6-8-13;3*1-2;1-7(2,3,4,5)6;/h4-10,12H,1-3H3;;;;;/q;;;;-1;/t12-;;;;;/m1...../s1. The van der Waals surface area contributed by atoms with Crippen LogP contribution in [-0.4, -0.2) is 7.11 Å². The number of rotatable bonds is 2. The number of hydrogen-bond donors (Lipinski definition) is 0. The van der Waals surface area contributed by atoms with E-state index in [0.717, 1.165) is 5.76 Å². The van der Waals surface area contributed by atoms with Crippen LogP contribution in [-0.2, 0) is 35.8 Å². The second-order valence-corrected chi connectivity index (χ2v) is 7.04. The molecule has 1 atom stereocenters. The minimum Gasteiger partial charge on any atom is 0 e. The van der Waals surface area contributed by atoms with Crippen molar-refractivity contribution in [1.82, 2.24) is 0 Å². The molecule has 169 valence electrons. The van der Waals surface area contributed by atoms with Gasteiger partial charge in [-0.2, -0.15) is 0 Å². The first-order chi connectivity index (χ1) is 13.2. The van der Waals surface area contributed by atoms with E-state index in [-0.39, 0.29) is 17.1 Å². The summed E-state index contributed by atoms with van der Waals surface area (Å²) in [7, 11) is -8.92. The predicted molar refractivity (Wildman–Crippen MR) is 92.9 cm³/mol. The molecule has 1 aliphatic rings. The molecule has 1 aromatic rings. The van der Waals surface area contributed by atoms with Gasteiger partial charge in [-0.15, -0.1) is 0 Å². The third-order valence-electron chi connectivity index (χ3n) is 2.98. The molecule has 0 amide bonds. The molecule has 12 heteroatoms. The Morgan fingerprint density at radius 1 is 0.867 bits per heavy atom. The fourth-order valence-electron chi connectivity index (χ4n) is 2.11. The number of allylic oxidation sites excluding steroid dienone is 4. The minimum absolute atomic E-state index is 0. The van der Waals surface area contributed by atoms with Crippen molar-refractivity contribution in [2.75, 3.05) is 7.11 Å². The van der Waals surface area contributed by atoms with Gasteiger partial charge in [0.2, 0.25) is 0 Å². The molecule has 0 bridgehead atoms. The van der Waals surface area contributed by atoms with Crippen LogP contribution in [0.5, 0.6) is 0 Å². The Hall–Kier alpha value is -1.75. The molecule has 0 saturated heterocycles. The molecule has 1 aromatic carbocycles. The van der Waals surface area contributed by atoms with Crippen LogP contribution in [0.25, 0.3) is 5.57 Å². The monoisotopic (exact) mass is 498 g/mol. The first kappa shape index (κ1) is 35.7. The second-order valence-electron chi connectivity index (χ2n) is 5.13. The Bertz CT molecular complexity index is 728. The van der Waals surface area contributed by atoms with Gasteiger partial charge in [0.05, 0.1) is 12.9 Å². The molecule has 0 N–H and O–H groups in total. The van der Waals surface area contributed by atoms with Gasteiger partial charge in [0.25, 0.3) is 0 Å². The Morgan fingerprint density at radius 3 is 1.57 bits per heavy atom. The third-order valence-corrected chi connectivity index (χ3v) is 2.98. The van der Waals surface area contributed by atoms with E-state index in [9.17, 15) is 25.2 Å².